The summed E-state index contributed by atoms with van der Waals surface area (Å²) in [7, 11) is 1.12. The molecule has 1 heterocycles. The zero-order chi connectivity index (χ0) is 17.7. The predicted molar refractivity (Wildman–Crippen MR) is 76.3 cm³/mol. The lowest BCUT2D eigenvalue weighted by Crippen LogP contribution is -2.61. The highest BCUT2D eigenvalue weighted by atomic mass is 79.9. The molecule has 9 nitrogen and oxygen atoms in total. The zero-order valence-corrected chi connectivity index (χ0v) is 14.5. The van der Waals surface area contributed by atoms with Gasteiger partial charge in [-0.25, -0.2) is 4.79 Å². The fraction of sp³-hybridized carbons (Fsp3) is 0.692. The summed E-state index contributed by atoms with van der Waals surface area (Å²) in [5, 5.41) is -0.980. The Balaban J connectivity index is 3.21. The van der Waals surface area contributed by atoms with Gasteiger partial charge in [0.05, 0.1) is 7.11 Å². The number of carbonyl (C=O) groups excluding carboxylic acids is 4. The van der Waals surface area contributed by atoms with Crippen LogP contribution in [0.3, 0.4) is 0 Å². The Morgan fingerprint density at radius 1 is 0.826 bits per heavy atom. The molecule has 1 saturated heterocycles. The van der Waals surface area contributed by atoms with E-state index in [1.165, 1.54) is 0 Å². The number of hydrogen-bond donors (Lipinski definition) is 0. The number of esters is 4. The minimum atomic E-state index is -1.36. The van der Waals surface area contributed by atoms with Crippen LogP contribution in [-0.4, -0.2) is 60.4 Å². The molecule has 1 aliphatic rings. The van der Waals surface area contributed by atoms with Gasteiger partial charge in [-0.3, -0.25) is 14.4 Å². The monoisotopic (exact) mass is 396 g/mol. The molecule has 23 heavy (non-hydrogen) atoms. The van der Waals surface area contributed by atoms with Crippen molar-refractivity contribution in [3.05, 3.63) is 0 Å². The van der Waals surface area contributed by atoms with Crippen molar-refractivity contribution in [1.29, 1.82) is 0 Å². The SMILES string of the molecule is COC(=O)C1O[C@H](Br)[C@H](OC(C)=O)C(OC(C)=O)[C@@H]1OC(C)=O. The van der Waals surface area contributed by atoms with Crippen molar-refractivity contribution in [2.75, 3.05) is 7.11 Å². The van der Waals surface area contributed by atoms with Crippen molar-refractivity contribution in [3.63, 3.8) is 0 Å². The summed E-state index contributed by atoms with van der Waals surface area (Å²) in [6.45, 7) is 3.39. The third kappa shape index (κ3) is 5.17. The van der Waals surface area contributed by atoms with Gasteiger partial charge < -0.3 is 23.7 Å². The van der Waals surface area contributed by atoms with E-state index in [9.17, 15) is 19.2 Å². The second-order valence-corrected chi connectivity index (χ2v) is 5.56. The van der Waals surface area contributed by atoms with E-state index in [0.29, 0.717) is 0 Å². The standard InChI is InChI=1S/C13H17BrO9/c1-5(15)20-8-9(21-6(2)16)11(13(18)19-4)23-12(14)10(8)22-7(3)17/h8-12H,1-4H3/t8?,9-,10+,11?,12-/m0/s1. The Bertz CT molecular complexity index is 492. The van der Waals surface area contributed by atoms with Crippen LogP contribution >= 0.6 is 15.9 Å². The lowest BCUT2D eigenvalue weighted by molar-refractivity contribution is -0.234. The first-order chi connectivity index (χ1) is 10.7. The first kappa shape index (κ1) is 19.4. The molecule has 0 amide bonds. The van der Waals surface area contributed by atoms with E-state index in [0.717, 1.165) is 27.9 Å². The van der Waals surface area contributed by atoms with Crippen LogP contribution in [0.5, 0.6) is 0 Å². The van der Waals surface area contributed by atoms with E-state index in [1.807, 2.05) is 0 Å². The summed E-state index contributed by atoms with van der Waals surface area (Å²) in [4.78, 5) is 45.8. The third-order valence-corrected chi connectivity index (χ3v) is 3.56. The maximum atomic E-state index is 11.9. The lowest BCUT2D eigenvalue weighted by Gasteiger charge is -2.41. The number of methoxy groups -OCH3 is 1. The molecule has 0 aromatic rings. The van der Waals surface area contributed by atoms with Crippen LogP contribution in [0.15, 0.2) is 0 Å². The Labute approximate surface area is 140 Å². The fourth-order valence-corrected chi connectivity index (χ4v) is 2.71. The number of hydrogen-bond acceptors (Lipinski definition) is 9. The smallest absolute Gasteiger partial charge is 0.339 e. The van der Waals surface area contributed by atoms with E-state index >= 15 is 0 Å². The van der Waals surface area contributed by atoms with Gasteiger partial charge in [-0.2, -0.15) is 0 Å². The van der Waals surface area contributed by atoms with Crippen molar-refractivity contribution >= 4 is 39.8 Å². The van der Waals surface area contributed by atoms with Crippen LogP contribution in [0.4, 0.5) is 0 Å². The van der Waals surface area contributed by atoms with E-state index in [-0.39, 0.29) is 0 Å². The number of carbonyl (C=O) groups is 4. The number of alkyl halides is 1. The number of rotatable bonds is 4. The summed E-state index contributed by atoms with van der Waals surface area (Å²) >= 11 is 3.11. The molecule has 5 atom stereocenters. The molecule has 0 bridgehead atoms. The molecule has 0 aromatic heterocycles. The average molecular weight is 397 g/mol. The summed E-state index contributed by atoms with van der Waals surface area (Å²) in [5.41, 5.74) is 0. The van der Waals surface area contributed by atoms with Gasteiger partial charge in [0.1, 0.15) is 0 Å². The highest BCUT2D eigenvalue weighted by Gasteiger charge is 2.53. The second-order valence-electron chi connectivity index (χ2n) is 4.65. The van der Waals surface area contributed by atoms with Gasteiger partial charge >= 0.3 is 23.9 Å². The molecular formula is C13H17BrO9. The molecule has 0 N–H and O–H groups in total. The van der Waals surface area contributed by atoms with Crippen LogP contribution in [0.1, 0.15) is 20.8 Å². The molecular weight excluding hydrogens is 380 g/mol. The molecule has 0 spiro atoms. The predicted octanol–water partition coefficient (Wildman–Crippen LogP) is 0.0743. The van der Waals surface area contributed by atoms with Crippen LogP contribution in [0, 0.1) is 0 Å². The van der Waals surface area contributed by atoms with Crippen molar-refractivity contribution in [3.8, 4) is 0 Å². The molecule has 0 radical (unpaired) electrons. The van der Waals surface area contributed by atoms with Gasteiger partial charge in [0.25, 0.3) is 0 Å². The molecule has 0 saturated carbocycles. The maximum absolute atomic E-state index is 11.9. The van der Waals surface area contributed by atoms with Gasteiger partial charge in [0, 0.05) is 20.8 Å². The van der Waals surface area contributed by atoms with Crippen molar-refractivity contribution in [1.82, 2.24) is 0 Å². The van der Waals surface area contributed by atoms with Crippen molar-refractivity contribution < 1.29 is 42.9 Å². The van der Waals surface area contributed by atoms with Crippen molar-refractivity contribution in [2.45, 2.75) is 50.2 Å². The highest BCUT2D eigenvalue weighted by Crippen LogP contribution is 2.31. The van der Waals surface area contributed by atoms with Crippen LogP contribution in [0.2, 0.25) is 0 Å². The van der Waals surface area contributed by atoms with Gasteiger partial charge in [-0.15, -0.1) is 0 Å². The first-order valence-corrected chi connectivity index (χ1v) is 7.48. The Morgan fingerprint density at radius 2 is 1.26 bits per heavy atom. The van der Waals surface area contributed by atoms with E-state index in [1.54, 1.807) is 0 Å². The number of ether oxygens (including phenoxy) is 5. The summed E-state index contributed by atoms with van der Waals surface area (Å²) in [6.07, 6.45) is -5.06. The second kappa shape index (κ2) is 8.25. The quantitative estimate of drug-likeness (QED) is 0.369. The molecule has 10 heteroatoms. The van der Waals surface area contributed by atoms with Crippen molar-refractivity contribution in [2.24, 2.45) is 0 Å². The largest absolute Gasteiger partial charge is 0.467 e. The minimum absolute atomic E-state index is 0.668. The van der Waals surface area contributed by atoms with Gasteiger partial charge in [-0.1, -0.05) is 15.9 Å². The fourth-order valence-electron chi connectivity index (χ4n) is 2.07. The van der Waals surface area contributed by atoms with Gasteiger partial charge in [0.15, 0.2) is 29.4 Å². The lowest BCUT2D eigenvalue weighted by atomic mass is 9.99. The third-order valence-electron chi connectivity index (χ3n) is 2.82. The minimum Gasteiger partial charge on any atom is -0.467 e. The molecule has 0 aliphatic carbocycles. The van der Waals surface area contributed by atoms with Crippen LogP contribution in [0.25, 0.3) is 0 Å². The topological polar surface area (TPSA) is 114 Å². The van der Waals surface area contributed by atoms with E-state index in [4.69, 9.17) is 18.9 Å². The average Bonchev–Trinajstić information content (AvgIpc) is 2.43. The van der Waals surface area contributed by atoms with Gasteiger partial charge in [0.2, 0.25) is 0 Å². The summed E-state index contributed by atoms with van der Waals surface area (Å²) in [6, 6.07) is 0. The van der Waals surface area contributed by atoms with E-state index < -0.39 is 53.3 Å². The van der Waals surface area contributed by atoms with Gasteiger partial charge in [-0.05, 0) is 0 Å². The molecule has 1 rings (SSSR count). The zero-order valence-electron chi connectivity index (χ0n) is 12.9. The van der Waals surface area contributed by atoms with Crippen LogP contribution < -0.4 is 0 Å². The molecule has 130 valence electrons. The summed E-state index contributed by atoms with van der Waals surface area (Å²) in [5.74, 6) is -2.95. The molecule has 0 aromatic carbocycles. The normalized spacial score (nSPS) is 30.0. The molecule has 1 aliphatic heterocycles. The maximum Gasteiger partial charge on any atom is 0.339 e. The van der Waals surface area contributed by atoms with E-state index in [2.05, 4.69) is 20.7 Å². The highest BCUT2D eigenvalue weighted by molar-refractivity contribution is 9.09. The Morgan fingerprint density at radius 3 is 1.70 bits per heavy atom. The molecule has 1 fully saturated rings. The Hall–Kier alpha value is -1.68. The number of halogens is 1. The molecule has 2 unspecified atom stereocenters. The summed E-state index contributed by atoms with van der Waals surface area (Å²) < 4.78 is 25.2. The first-order valence-electron chi connectivity index (χ1n) is 6.56. The van der Waals surface area contributed by atoms with Crippen LogP contribution in [-0.2, 0) is 42.9 Å². The Kier molecular flexibility index (Phi) is 6.95.